The molecule has 152 valence electrons. The zero-order valence-electron chi connectivity index (χ0n) is 16.7. The number of carboxylic acid groups (broad SMARTS) is 1. The van der Waals surface area contributed by atoms with Crippen molar-refractivity contribution in [2.24, 2.45) is 17.6 Å². The smallest absolute Gasteiger partial charge is 0.335 e. The molecule has 0 bridgehead atoms. The van der Waals surface area contributed by atoms with Crippen molar-refractivity contribution in [2.45, 2.75) is 51.0 Å². The van der Waals surface area contributed by atoms with Gasteiger partial charge in [-0.25, -0.2) is 9.18 Å². The number of aromatic nitrogens is 1. The number of carboxylic acids is 1. The minimum Gasteiger partial charge on any atom is -0.478 e. The molecule has 0 radical (unpaired) electrons. The van der Waals surface area contributed by atoms with Gasteiger partial charge in [0.25, 0.3) is 0 Å². The molecule has 3 atom stereocenters. The first kappa shape index (κ1) is 19.8. The van der Waals surface area contributed by atoms with Crippen molar-refractivity contribution in [1.29, 1.82) is 0 Å². The van der Waals surface area contributed by atoms with Crippen LogP contribution in [0.1, 0.15) is 66.1 Å². The van der Waals surface area contributed by atoms with Crippen LogP contribution in [0.5, 0.6) is 0 Å². The van der Waals surface area contributed by atoms with Crippen LogP contribution in [-0.4, -0.2) is 16.1 Å². The van der Waals surface area contributed by atoms with Gasteiger partial charge in [0.1, 0.15) is 5.82 Å². The summed E-state index contributed by atoms with van der Waals surface area (Å²) in [6.07, 6.45) is 10.6. The first-order valence-corrected chi connectivity index (χ1v) is 10.3. The Hall–Kier alpha value is -2.53. The summed E-state index contributed by atoms with van der Waals surface area (Å²) in [5.74, 6) is -0.634. The van der Waals surface area contributed by atoms with E-state index in [4.69, 9.17) is 5.73 Å². The third-order valence-corrected chi connectivity index (χ3v) is 6.78. The Bertz CT molecular complexity index is 971. The fourth-order valence-corrected chi connectivity index (χ4v) is 5.16. The van der Waals surface area contributed by atoms with Gasteiger partial charge in [0.2, 0.25) is 0 Å². The molecule has 3 N–H and O–H groups in total. The molecule has 0 aliphatic heterocycles. The third-order valence-electron chi connectivity index (χ3n) is 6.78. The summed E-state index contributed by atoms with van der Waals surface area (Å²) >= 11 is 0. The van der Waals surface area contributed by atoms with Crippen LogP contribution in [0.2, 0.25) is 0 Å². The lowest BCUT2D eigenvalue weighted by molar-refractivity contribution is 0.0696. The normalized spacial score (nSPS) is 26.9. The molecule has 1 aromatic heterocycles. The lowest BCUT2D eigenvalue weighted by Crippen LogP contribution is -2.47. The highest BCUT2D eigenvalue weighted by Crippen LogP contribution is 2.46. The molecule has 1 aromatic carbocycles. The van der Waals surface area contributed by atoms with Crippen LogP contribution in [0.15, 0.2) is 42.7 Å². The van der Waals surface area contributed by atoms with Gasteiger partial charge in [-0.3, -0.25) is 4.98 Å². The number of halogens is 1. The van der Waals surface area contributed by atoms with Crippen molar-refractivity contribution in [3.05, 3.63) is 70.8 Å². The molecular weight excluding hydrogens is 367 g/mol. The van der Waals surface area contributed by atoms with Gasteiger partial charge in [0, 0.05) is 11.7 Å². The molecule has 4 rings (SSSR count). The Morgan fingerprint density at radius 2 is 2.07 bits per heavy atom. The van der Waals surface area contributed by atoms with Crippen molar-refractivity contribution >= 4 is 11.5 Å². The van der Waals surface area contributed by atoms with Gasteiger partial charge in [0.05, 0.1) is 11.8 Å². The van der Waals surface area contributed by atoms with Crippen LogP contribution in [0.4, 0.5) is 4.39 Å². The number of aromatic carboxylic acids is 1. The number of nitrogens with zero attached hydrogens (tertiary/aromatic N) is 1. The number of fused-ring (bicyclic) bond motifs is 3. The zero-order valence-corrected chi connectivity index (χ0v) is 16.7. The van der Waals surface area contributed by atoms with Crippen LogP contribution in [0.3, 0.4) is 0 Å². The van der Waals surface area contributed by atoms with Crippen LogP contribution in [0.25, 0.3) is 5.57 Å². The number of allylic oxidation sites excluding steroid dienone is 2. The average molecular weight is 394 g/mol. The Kier molecular flexibility index (Phi) is 5.26. The van der Waals surface area contributed by atoms with Gasteiger partial charge in [-0.1, -0.05) is 19.1 Å². The minimum absolute atomic E-state index is 0.237. The Labute approximate surface area is 170 Å². The third kappa shape index (κ3) is 3.71. The first-order chi connectivity index (χ1) is 13.9. The number of benzene rings is 1. The van der Waals surface area contributed by atoms with Crippen molar-refractivity contribution in [2.75, 3.05) is 0 Å². The molecule has 2 aliphatic rings. The van der Waals surface area contributed by atoms with E-state index >= 15 is 0 Å². The van der Waals surface area contributed by atoms with Gasteiger partial charge in [-0.05, 0) is 90.8 Å². The van der Waals surface area contributed by atoms with E-state index in [1.165, 1.54) is 6.20 Å². The van der Waals surface area contributed by atoms with E-state index in [2.05, 4.69) is 18.0 Å². The van der Waals surface area contributed by atoms with E-state index in [-0.39, 0.29) is 11.7 Å². The Morgan fingerprint density at radius 1 is 1.24 bits per heavy atom. The monoisotopic (exact) mass is 394 g/mol. The van der Waals surface area contributed by atoms with Crippen LogP contribution >= 0.6 is 0 Å². The SMILES string of the molecule is CC1CCC2(N)c3ccc(C(=O)O)cc3CCC2CCC=C1c1cncc(F)c1. The summed E-state index contributed by atoms with van der Waals surface area (Å²) in [6, 6.07) is 6.95. The molecule has 2 aliphatic carbocycles. The van der Waals surface area contributed by atoms with Crippen LogP contribution < -0.4 is 5.73 Å². The van der Waals surface area contributed by atoms with Gasteiger partial charge in [-0.2, -0.15) is 0 Å². The highest BCUT2D eigenvalue weighted by Gasteiger charge is 2.41. The largest absolute Gasteiger partial charge is 0.478 e. The molecule has 29 heavy (non-hydrogen) atoms. The second kappa shape index (κ2) is 7.71. The number of nitrogens with two attached hydrogens (primary N) is 1. The second-order valence-electron chi connectivity index (χ2n) is 8.52. The Morgan fingerprint density at radius 3 is 2.83 bits per heavy atom. The van der Waals surface area contributed by atoms with E-state index in [0.717, 1.165) is 60.8 Å². The lowest BCUT2D eigenvalue weighted by atomic mass is 9.65. The lowest BCUT2D eigenvalue weighted by Gasteiger charge is -2.43. The maximum absolute atomic E-state index is 13.7. The van der Waals surface area contributed by atoms with Crippen molar-refractivity contribution in [3.8, 4) is 0 Å². The number of carbonyl (C=O) groups is 1. The summed E-state index contributed by atoms with van der Waals surface area (Å²) in [5, 5.41) is 9.32. The number of rotatable bonds is 2. The standard InChI is InChI=1S/C24H27FN2O2/c1-15-9-10-24(26)19(3-2-4-21(15)18-12-20(25)14-27-13-18)7-5-16-11-17(23(28)29)6-8-22(16)24/h4,6,8,11-15,19H,2-3,5,7,9-10,26H2,1H3,(H,28,29). The molecule has 0 spiro atoms. The summed E-state index contributed by atoms with van der Waals surface area (Å²) in [5.41, 5.74) is 11.1. The van der Waals surface area contributed by atoms with Crippen LogP contribution in [0, 0.1) is 17.7 Å². The minimum atomic E-state index is -0.901. The van der Waals surface area contributed by atoms with Crippen LogP contribution in [-0.2, 0) is 12.0 Å². The number of hydrogen-bond donors (Lipinski definition) is 2. The summed E-state index contributed by atoms with van der Waals surface area (Å²) in [6.45, 7) is 2.16. The topological polar surface area (TPSA) is 76.2 Å². The van der Waals surface area contributed by atoms with E-state index in [9.17, 15) is 14.3 Å². The zero-order chi connectivity index (χ0) is 20.6. The summed E-state index contributed by atoms with van der Waals surface area (Å²) in [4.78, 5) is 15.4. The quantitative estimate of drug-likeness (QED) is 0.757. The van der Waals surface area contributed by atoms with Crippen molar-refractivity contribution < 1.29 is 14.3 Å². The van der Waals surface area contributed by atoms with E-state index < -0.39 is 11.5 Å². The molecule has 0 amide bonds. The number of hydrogen-bond acceptors (Lipinski definition) is 3. The average Bonchev–Trinajstić information content (AvgIpc) is 2.76. The molecule has 1 heterocycles. The predicted octanol–water partition coefficient (Wildman–Crippen LogP) is 4.93. The van der Waals surface area contributed by atoms with Crippen molar-refractivity contribution in [1.82, 2.24) is 4.98 Å². The van der Waals surface area contributed by atoms with E-state index in [1.807, 2.05) is 6.07 Å². The van der Waals surface area contributed by atoms with Gasteiger partial charge in [-0.15, -0.1) is 0 Å². The summed E-state index contributed by atoms with van der Waals surface area (Å²) in [7, 11) is 0. The first-order valence-electron chi connectivity index (χ1n) is 10.3. The van der Waals surface area contributed by atoms with Crippen molar-refractivity contribution in [3.63, 3.8) is 0 Å². The molecule has 0 saturated heterocycles. The highest BCUT2D eigenvalue weighted by molar-refractivity contribution is 5.88. The maximum Gasteiger partial charge on any atom is 0.335 e. The molecular formula is C24H27FN2O2. The number of pyridine rings is 1. The predicted molar refractivity (Wildman–Crippen MR) is 111 cm³/mol. The molecule has 5 heteroatoms. The van der Waals surface area contributed by atoms with Gasteiger partial charge >= 0.3 is 5.97 Å². The van der Waals surface area contributed by atoms with E-state index in [1.54, 1.807) is 24.4 Å². The maximum atomic E-state index is 13.7. The fraction of sp³-hybridized carbons (Fsp3) is 0.417. The fourth-order valence-electron chi connectivity index (χ4n) is 5.16. The molecule has 2 aromatic rings. The molecule has 0 saturated carbocycles. The Balaban J connectivity index is 1.66. The van der Waals surface area contributed by atoms with Gasteiger partial charge < -0.3 is 10.8 Å². The van der Waals surface area contributed by atoms with Gasteiger partial charge in [0.15, 0.2) is 0 Å². The number of aryl methyl sites for hydroxylation is 1. The molecule has 4 nitrogen and oxygen atoms in total. The van der Waals surface area contributed by atoms with E-state index in [0.29, 0.717) is 11.5 Å². The molecule has 0 fully saturated rings. The highest BCUT2D eigenvalue weighted by atomic mass is 19.1. The second-order valence-corrected chi connectivity index (χ2v) is 8.52. The summed E-state index contributed by atoms with van der Waals surface area (Å²) < 4.78 is 13.7. The molecule has 3 unspecified atom stereocenters.